The smallest absolute Gasteiger partial charge is 0.307 e. The van der Waals surface area contributed by atoms with Gasteiger partial charge in [-0.1, -0.05) is 0 Å². The van der Waals surface area contributed by atoms with Gasteiger partial charge in [-0.2, -0.15) is 5.26 Å². The molecule has 23 heavy (non-hydrogen) atoms. The summed E-state index contributed by atoms with van der Waals surface area (Å²) in [5.74, 6) is -0.730. The topological polar surface area (TPSA) is 103 Å². The van der Waals surface area contributed by atoms with Gasteiger partial charge in [-0.15, -0.1) is 0 Å². The molecule has 1 saturated heterocycles. The molecule has 1 N–H and O–H groups in total. The minimum atomic E-state index is -0.376. The first-order chi connectivity index (χ1) is 11.0. The zero-order valence-corrected chi connectivity index (χ0v) is 13.5. The molecule has 0 aromatic heterocycles. The van der Waals surface area contributed by atoms with Crippen LogP contribution in [0.4, 0.5) is 0 Å². The standard InChI is InChI=1S/C15H22N4O4/c1-3-23-14(21)4-5-17-11-13(10-16)15(22)19-8-6-18(7-9-19)12(2)20/h11,17H,3-9H2,1-2H3/b13-11-. The average Bonchev–Trinajstić information content (AvgIpc) is 2.54. The van der Waals surface area contributed by atoms with Crippen molar-refractivity contribution in [3.63, 3.8) is 0 Å². The van der Waals surface area contributed by atoms with E-state index in [1.807, 2.05) is 6.07 Å². The number of piperazine rings is 1. The number of hydrogen-bond donors (Lipinski definition) is 1. The Bertz CT molecular complexity index is 516. The van der Waals surface area contributed by atoms with E-state index in [1.54, 1.807) is 16.7 Å². The van der Waals surface area contributed by atoms with E-state index in [1.165, 1.54) is 13.1 Å². The molecule has 0 saturated carbocycles. The van der Waals surface area contributed by atoms with E-state index in [2.05, 4.69) is 5.32 Å². The van der Waals surface area contributed by atoms with Gasteiger partial charge in [0.1, 0.15) is 11.6 Å². The molecule has 126 valence electrons. The van der Waals surface area contributed by atoms with E-state index in [9.17, 15) is 14.4 Å². The summed E-state index contributed by atoms with van der Waals surface area (Å²) in [5, 5.41) is 11.9. The largest absolute Gasteiger partial charge is 0.466 e. The molecule has 1 aliphatic heterocycles. The molecule has 0 aromatic carbocycles. The SMILES string of the molecule is CCOC(=O)CCN/C=C(/C#N)C(=O)N1CCN(C(C)=O)CC1. The highest BCUT2D eigenvalue weighted by molar-refractivity contribution is 5.97. The molecule has 1 rings (SSSR count). The fourth-order valence-electron chi connectivity index (χ4n) is 2.12. The number of rotatable bonds is 6. The van der Waals surface area contributed by atoms with Crippen LogP contribution in [0.5, 0.6) is 0 Å². The van der Waals surface area contributed by atoms with Crippen molar-refractivity contribution in [1.29, 1.82) is 5.26 Å². The molecule has 8 nitrogen and oxygen atoms in total. The maximum Gasteiger partial charge on any atom is 0.307 e. The highest BCUT2D eigenvalue weighted by atomic mass is 16.5. The van der Waals surface area contributed by atoms with Crippen molar-refractivity contribution < 1.29 is 19.1 Å². The summed E-state index contributed by atoms with van der Waals surface area (Å²) in [4.78, 5) is 37.9. The number of carbonyl (C=O) groups is 3. The minimum absolute atomic E-state index is 0.0196. The molecule has 0 atom stereocenters. The number of nitrogens with one attached hydrogen (secondary N) is 1. The molecule has 0 unspecified atom stereocenters. The Balaban J connectivity index is 2.46. The van der Waals surface area contributed by atoms with Crippen LogP contribution >= 0.6 is 0 Å². The predicted molar refractivity (Wildman–Crippen MR) is 81.8 cm³/mol. The van der Waals surface area contributed by atoms with Crippen LogP contribution in [0, 0.1) is 11.3 Å². The molecular weight excluding hydrogens is 300 g/mol. The normalized spacial score (nSPS) is 14.9. The average molecular weight is 322 g/mol. The third-order valence-electron chi connectivity index (χ3n) is 3.39. The fourth-order valence-corrected chi connectivity index (χ4v) is 2.12. The summed E-state index contributed by atoms with van der Waals surface area (Å²) in [6, 6.07) is 1.86. The first kappa shape index (κ1) is 18.5. The highest BCUT2D eigenvalue weighted by Gasteiger charge is 2.24. The van der Waals surface area contributed by atoms with E-state index in [4.69, 9.17) is 10.00 Å². The molecule has 1 aliphatic rings. The van der Waals surface area contributed by atoms with Gasteiger partial charge in [-0.05, 0) is 6.92 Å². The lowest BCUT2D eigenvalue weighted by molar-refractivity contribution is -0.143. The molecule has 0 aromatic rings. The number of ether oxygens (including phenoxy) is 1. The van der Waals surface area contributed by atoms with Crippen molar-refractivity contribution in [1.82, 2.24) is 15.1 Å². The van der Waals surface area contributed by atoms with Crippen molar-refractivity contribution in [2.45, 2.75) is 20.3 Å². The lowest BCUT2D eigenvalue weighted by Crippen LogP contribution is -2.50. The Kier molecular flexibility index (Phi) is 7.60. The third-order valence-corrected chi connectivity index (χ3v) is 3.39. The van der Waals surface area contributed by atoms with Crippen molar-refractivity contribution >= 4 is 17.8 Å². The van der Waals surface area contributed by atoms with E-state index >= 15 is 0 Å². The summed E-state index contributed by atoms with van der Waals surface area (Å²) in [5.41, 5.74) is -0.0230. The molecule has 0 aliphatic carbocycles. The Labute approximate surface area is 135 Å². The summed E-state index contributed by atoms with van der Waals surface area (Å²) in [7, 11) is 0. The number of amides is 2. The van der Waals surface area contributed by atoms with Crippen molar-refractivity contribution in [2.75, 3.05) is 39.3 Å². The zero-order valence-electron chi connectivity index (χ0n) is 13.5. The number of esters is 1. The monoisotopic (exact) mass is 322 g/mol. The lowest BCUT2D eigenvalue weighted by Gasteiger charge is -2.34. The Hall–Kier alpha value is -2.56. The highest BCUT2D eigenvalue weighted by Crippen LogP contribution is 2.06. The van der Waals surface area contributed by atoms with E-state index in [-0.39, 0.29) is 36.3 Å². The van der Waals surface area contributed by atoms with Gasteiger partial charge in [0.25, 0.3) is 5.91 Å². The fraction of sp³-hybridized carbons (Fsp3) is 0.600. The number of carbonyl (C=O) groups excluding carboxylic acids is 3. The van der Waals surface area contributed by atoms with Gasteiger partial charge in [0, 0.05) is 45.8 Å². The summed E-state index contributed by atoms with van der Waals surface area (Å²) >= 11 is 0. The molecule has 0 spiro atoms. The first-order valence-electron chi connectivity index (χ1n) is 7.53. The van der Waals surface area contributed by atoms with Crippen molar-refractivity contribution in [3.05, 3.63) is 11.8 Å². The summed E-state index contributed by atoms with van der Waals surface area (Å²) in [6.45, 7) is 5.57. The van der Waals surface area contributed by atoms with Gasteiger partial charge >= 0.3 is 5.97 Å². The van der Waals surface area contributed by atoms with Gasteiger partial charge in [0.15, 0.2) is 0 Å². The molecule has 2 amide bonds. The lowest BCUT2D eigenvalue weighted by atomic mass is 10.2. The van der Waals surface area contributed by atoms with Crippen LogP contribution in [0.2, 0.25) is 0 Å². The quantitative estimate of drug-likeness (QED) is 0.310. The third kappa shape index (κ3) is 5.98. The second-order valence-corrected chi connectivity index (χ2v) is 4.98. The second-order valence-electron chi connectivity index (χ2n) is 4.98. The molecule has 1 fully saturated rings. The van der Waals surface area contributed by atoms with Gasteiger partial charge in [0.2, 0.25) is 5.91 Å². The van der Waals surface area contributed by atoms with Gasteiger partial charge in [-0.3, -0.25) is 14.4 Å². The summed E-state index contributed by atoms with van der Waals surface area (Å²) < 4.78 is 4.78. The molecule has 8 heteroatoms. The Morgan fingerprint density at radius 1 is 1.22 bits per heavy atom. The number of nitriles is 1. The molecule has 1 heterocycles. The van der Waals surface area contributed by atoms with Crippen LogP contribution < -0.4 is 5.32 Å². The maximum absolute atomic E-state index is 12.2. The second kappa shape index (κ2) is 9.46. The summed E-state index contributed by atoms with van der Waals surface area (Å²) in [6.07, 6.45) is 1.48. The van der Waals surface area contributed by atoms with Crippen LogP contribution in [0.1, 0.15) is 20.3 Å². The zero-order chi connectivity index (χ0) is 17.2. The van der Waals surface area contributed by atoms with Crippen molar-refractivity contribution in [3.8, 4) is 6.07 Å². The van der Waals surface area contributed by atoms with Gasteiger partial charge in [-0.25, -0.2) is 0 Å². The van der Waals surface area contributed by atoms with Crippen molar-refractivity contribution in [2.24, 2.45) is 0 Å². The van der Waals surface area contributed by atoms with Crippen LogP contribution in [0.25, 0.3) is 0 Å². The molecule has 0 bridgehead atoms. The van der Waals surface area contributed by atoms with E-state index < -0.39 is 0 Å². The van der Waals surface area contributed by atoms with Crippen LogP contribution in [-0.2, 0) is 19.1 Å². The minimum Gasteiger partial charge on any atom is -0.466 e. The van der Waals surface area contributed by atoms with E-state index in [0.29, 0.717) is 32.8 Å². The number of hydrogen-bond acceptors (Lipinski definition) is 6. The first-order valence-corrected chi connectivity index (χ1v) is 7.53. The molecule has 0 radical (unpaired) electrons. The van der Waals surface area contributed by atoms with Crippen LogP contribution in [0.15, 0.2) is 11.8 Å². The van der Waals surface area contributed by atoms with Gasteiger partial charge in [0.05, 0.1) is 13.0 Å². The Morgan fingerprint density at radius 3 is 2.35 bits per heavy atom. The predicted octanol–water partition coefficient (Wildman–Crippen LogP) is -0.373. The maximum atomic E-state index is 12.2. The van der Waals surface area contributed by atoms with E-state index in [0.717, 1.165) is 0 Å². The number of nitrogens with zero attached hydrogens (tertiary/aromatic N) is 3. The van der Waals surface area contributed by atoms with Gasteiger partial charge < -0.3 is 19.9 Å². The Morgan fingerprint density at radius 2 is 1.83 bits per heavy atom. The van der Waals surface area contributed by atoms with Crippen LogP contribution in [-0.4, -0.2) is 66.9 Å². The molecular formula is C15H22N4O4. The van der Waals surface area contributed by atoms with Crippen LogP contribution in [0.3, 0.4) is 0 Å².